The molecule has 1 fully saturated rings. The van der Waals surface area contributed by atoms with Crippen LogP contribution in [0.25, 0.3) is 0 Å². The molecule has 1 aliphatic rings. The molecule has 0 atom stereocenters. The minimum absolute atomic E-state index is 0.838. The van der Waals surface area contributed by atoms with Crippen LogP contribution in [0.5, 0.6) is 0 Å². The van der Waals surface area contributed by atoms with Gasteiger partial charge in [0.25, 0.3) is 0 Å². The summed E-state index contributed by atoms with van der Waals surface area (Å²) in [6.07, 6.45) is 5.23. The molecule has 0 spiro atoms. The van der Waals surface area contributed by atoms with E-state index in [4.69, 9.17) is 0 Å². The van der Waals surface area contributed by atoms with Crippen LogP contribution in [0, 0.1) is 6.92 Å². The monoisotopic (exact) mass is 246 g/mol. The Labute approximate surface area is 111 Å². The Kier molecular flexibility index (Phi) is 5.21. The molecule has 2 nitrogen and oxygen atoms in total. The zero-order valence-corrected chi connectivity index (χ0v) is 11.8. The van der Waals surface area contributed by atoms with Gasteiger partial charge in [0.1, 0.15) is 0 Å². The lowest BCUT2D eigenvalue weighted by Gasteiger charge is -2.17. The summed E-state index contributed by atoms with van der Waals surface area (Å²) in [5.41, 5.74) is 2.93. The highest BCUT2D eigenvalue weighted by Crippen LogP contribution is 2.18. The second-order valence-electron chi connectivity index (χ2n) is 5.56. The third kappa shape index (κ3) is 4.79. The third-order valence-corrected chi connectivity index (χ3v) is 3.75. The van der Waals surface area contributed by atoms with Crippen LogP contribution in [0.15, 0.2) is 24.3 Å². The number of nitrogens with zero attached hydrogens (tertiary/aromatic N) is 1. The molecule has 1 N–H and O–H groups in total. The fraction of sp³-hybridized carbons (Fsp3) is 0.625. The molecule has 2 heteroatoms. The summed E-state index contributed by atoms with van der Waals surface area (Å²) in [7, 11) is 2.23. The predicted molar refractivity (Wildman–Crippen MR) is 78.0 cm³/mol. The Morgan fingerprint density at radius 3 is 2.72 bits per heavy atom. The van der Waals surface area contributed by atoms with Crippen LogP contribution >= 0.6 is 0 Å². The molecule has 1 saturated carbocycles. The highest BCUT2D eigenvalue weighted by Gasteiger charge is 2.19. The molecule has 2 rings (SSSR count). The van der Waals surface area contributed by atoms with E-state index in [2.05, 4.69) is 48.5 Å². The average molecular weight is 246 g/mol. The van der Waals surface area contributed by atoms with Crippen molar-refractivity contribution < 1.29 is 0 Å². The van der Waals surface area contributed by atoms with Crippen LogP contribution in [-0.4, -0.2) is 37.6 Å². The summed E-state index contributed by atoms with van der Waals surface area (Å²) < 4.78 is 0. The lowest BCUT2D eigenvalue weighted by molar-refractivity contribution is 0.326. The number of benzene rings is 1. The van der Waals surface area contributed by atoms with Crippen LogP contribution < -0.4 is 5.32 Å². The molecule has 0 bridgehead atoms. The van der Waals surface area contributed by atoms with Crippen molar-refractivity contribution in [1.29, 1.82) is 0 Å². The lowest BCUT2D eigenvalue weighted by Crippen LogP contribution is -2.31. The topological polar surface area (TPSA) is 15.3 Å². The predicted octanol–water partition coefficient (Wildman–Crippen LogP) is 2.61. The van der Waals surface area contributed by atoms with Gasteiger partial charge in [0.15, 0.2) is 0 Å². The minimum atomic E-state index is 0.838. The maximum Gasteiger partial charge on any atom is 0.0104 e. The molecule has 1 aromatic rings. The van der Waals surface area contributed by atoms with E-state index in [9.17, 15) is 0 Å². The number of hydrogen-bond acceptors (Lipinski definition) is 2. The van der Waals surface area contributed by atoms with Gasteiger partial charge in [-0.25, -0.2) is 0 Å². The Bertz CT molecular complexity index is 358. The first kappa shape index (κ1) is 13.6. The highest BCUT2D eigenvalue weighted by molar-refractivity contribution is 5.25. The van der Waals surface area contributed by atoms with Gasteiger partial charge >= 0.3 is 0 Å². The highest BCUT2D eigenvalue weighted by atomic mass is 15.1. The van der Waals surface area contributed by atoms with E-state index < -0.39 is 0 Å². The molecular weight excluding hydrogens is 220 g/mol. The first-order valence-corrected chi connectivity index (χ1v) is 7.22. The van der Waals surface area contributed by atoms with E-state index in [1.807, 2.05) is 0 Å². The van der Waals surface area contributed by atoms with Crippen molar-refractivity contribution in [1.82, 2.24) is 10.2 Å². The molecule has 0 aliphatic heterocycles. The van der Waals surface area contributed by atoms with Crippen LogP contribution in [0.1, 0.15) is 30.4 Å². The lowest BCUT2D eigenvalue weighted by atomic mass is 10.0. The largest absolute Gasteiger partial charge is 0.313 e. The van der Waals surface area contributed by atoms with Gasteiger partial charge in [-0.2, -0.15) is 0 Å². The van der Waals surface area contributed by atoms with Crippen molar-refractivity contribution in [3.63, 3.8) is 0 Å². The van der Waals surface area contributed by atoms with Gasteiger partial charge in [0, 0.05) is 19.1 Å². The van der Waals surface area contributed by atoms with Gasteiger partial charge in [0.05, 0.1) is 0 Å². The van der Waals surface area contributed by atoms with Crippen molar-refractivity contribution in [3.8, 4) is 0 Å². The molecule has 100 valence electrons. The van der Waals surface area contributed by atoms with Gasteiger partial charge in [-0.3, -0.25) is 0 Å². The van der Waals surface area contributed by atoms with Crippen molar-refractivity contribution in [3.05, 3.63) is 35.4 Å². The molecule has 18 heavy (non-hydrogen) atoms. The Morgan fingerprint density at radius 2 is 2.00 bits per heavy atom. The van der Waals surface area contributed by atoms with Crippen molar-refractivity contribution in [2.75, 3.05) is 26.7 Å². The number of nitrogens with one attached hydrogen (secondary N) is 1. The van der Waals surface area contributed by atoms with Crippen molar-refractivity contribution >= 4 is 0 Å². The van der Waals surface area contributed by atoms with E-state index in [-0.39, 0.29) is 0 Å². The van der Waals surface area contributed by atoms with E-state index in [1.165, 1.54) is 49.9 Å². The molecule has 0 heterocycles. The maximum absolute atomic E-state index is 3.56. The van der Waals surface area contributed by atoms with E-state index in [1.54, 1.807) is 0 Å². The van der Waals surface area contributed by atoms with Crippen LogP contribution in [0.2, 0.25) is 0 Å². The second kappa shape index (κ2) is 6.91. The molecular formula is C16H26N2. The van der Waals surface area contributed by atoms with Gasteiger partial charge in [-0.15, -0.1) is 0 Å². The first-order valence-electron chi connectivity index (χ1n) is 7.22. The van der Waals surface area contributed by atoms with E-state index in [0.29, 0.717) is 0 Å². The molecule has 0 amide bonds. The van der Waals surface area contributed by atoms with Crippen molar-refractivity contribution in [2.24, 2.45) is 0 Å². The average Bonchev–Trinajstić information content (AvgIpc) is 3.16. The van der Waals surface area contributed by atoms with E-state index in [0.717, 1.165) is 12.6 Å². The summed E-state index contributed by atoms with van der Waals surface area (Å²) in [6, 6.07) is 9.56. The number of rotatable bonds is 8. The molecule has 0 radical (unpaired) electrons. The molecule has 0 aromatic heterocycles. The fourth-order valence-corrected chi connectivity index (χ4v) is 2.29. The number of aryl methyl sites for hydroxylation is 2. The zero-order valence-electron chi connectivity index (χ0n) is 11.8. The zero-order chi connectivity index (χ0) is 12.8. The van der Waals surface area contributed by atoms with Gasteiger partial charge in [-0.1, -0.05) is 24.3 Å². The summed E-state index contributed by atoms with van der Waals surface area (Å²) >= 11 is 0. The van der Waals surface area contributed by atoms with E-state index >= 15 is 0 Å². The number of hydrogen-bond donors (Lipinski definition) is 1. The fourth-order valence-electron chi connectivity index (χ4n) is 2.29. The molecule has 1 aliphatic carbocycles. The minimum Gasteiger partial charge on any atom is -0.313 e. The van der Waals surface area contributed by atoms with Gasteiger partial charge in [0.2, 0.25) is 0 Å². The van der Waals surface area contributed by atoms with Crippen LogP contribution in [-0.2, 0) is 6.42 Å². The molecule has 0 saturated heterocycles. The summed E-state index contributed by atoms with van der Waals surface area (Å²) in [5.74, 6) is 0. The van der Waals surface area contributed by atoms with Gasteiger partial charge in [-0.05, 0) is 57.3 Å². The smallest absolute Gasteiger partial charge is 0.0104 e. The molecule has 0 unspecified atom stereocenters. The second-order valence-corrected chi connectivity index (χ2v) is 5.56. The first-order chi connectivity index (χ1) is 8.75. The van der Waals surface area contributed by atoms with Gasteiger partial charge < -0.3 is 10.2 Å². The Morgan fingerprint density at radius 1 is 1.22 bits per heavy atom. The summed E-state index contributed by atoms with van der Waals surface area (Å²) in [4.78, 5) is 2.44. The standard InChI is InChI=1S/C16H26N2/c1-14-6-3-4-7-15(14)8-5-12-18(2)13-11-17-16-9-10-16/h3-4,6-7,16-17H,5,8-13H2,1-2H3. The Balaban J connectivity index is 1.57. The third-order valence-electron chi connectivity index (χ3n) is 3.75. The molecule has 1 aromatic carbocycles. The summed E-state index contributed by atoms with van der Waals surface area (Å²) in [6.45, 7) is 5.72. The Hall–Kier alpha value is -0.860. The normalized spacial score (nSPS) is 15.3. The van der Waals surface area contributed by atoms with Crippen LogP contribution in [0.3, 0.4) is 0 Å². The van der Waals surface area contributed by atoms with Crippen molar-refractivity contribution in [2.45, 2.75) is 38.6 Å². The van der Waals surface area contributed by atoms with Crippen LogP contribution in [0.4, 0.5) is 0 Å². The SMILES string of the molecule is Cc1ccccc1CCCN(C)CCNC1CC1. The number of likely N-dealkylation sites (N-methyl/N-ethyl adjacent to an activating group) is 1. The summed E-state index contributed by atoms with van der Waals surface area (Å²) in [5, 5.41) is 3.56. The maximum atomic E-state index is 3.56. The quantitative estimate of drug-likeness (QED) is 0.758.